The maximum atomic E-state index is 2.03. The summed E-state index contributed by atoms with van der Waals surface area (Å²) < 4.78 is 0. The predicted molar refractivity (Wildman–Crippen MR) is 15.5 cm³/mol. The molecule has 0 amide bonds. The van der Waals surface area contributed by atoms with Crippen molar-refractivity contribution in [1.29, 1.82) is 0 Å². The van der Waals surface area contributed by atoms with Crippen molar-refractivity contribution in [2.45, 2.75) is 6.55 Å². The molecule has 0 aliphatic carbocycles. The van der Waals surface area contributed by atoms with Crippen LogP contribution in [0.15, 0.2) is 0 Å². The SMILES string of the molecule is C[SiH2-].[H-].[K+].[Na+]. The maximum absolute atomic E-state index is 2.03. The summed E-state index contributed by atoms with van der Waals surface area (Å²) in [5, 5.41) is 0. The molecule has 4 heavy (non-hydrogen) atoms. The van der Waals surface area contributed by atoms with Crippen LogP contribution in [0.2, 0.25) is 6.55 Å². The molecule has 0 aromatic carbocycles. The third-order valence-corrected chi connectivity index (χ3v) is 0. The Hall–Kier alpha value is 2.85. The Morgan fingerprint density at radius 1 is 1.50 bits per heavy atom. The van der Waals surface area contributed by atoms with Gasteiger partial charge < -0.3 is 11.7 Å². The molecule has 0 unspecified atom stereocenters. The Bertz CT molecular complexity index is 11.6. The van der Waals surface area contributed by atoms with Crippen LogP contribution in [0.3, 0.4) is 0 Å². The molecule has 0 fully saturated rings. The first-order valence-electron chi connectivity index (χ1n) is 0.707. The molecule has 0 aromatic rings. The van der Waals surface area contributed by atoms with Crippen LogP contribution in [-0.4, -0.2) is 10.2 Å². The first-order chi connectivity index (χ1) is 1.00. The van der Waals surface area contributed by atoms with E-state index < -0.39 is 0 Å². The van der Waals surface area contributed by atoms with E-state index in [4.69, 9.17) is 0 Å². The van der Waals surface area contributed by atoms with Gasteiger partial charge in [-0.1, -0.05) is 0 Å². The number of rotatable bonds is 0. The van der Waals surface area contributed by atoms with Crippen molar-refractivity contribution in [2.75, 3.05) is 0 Å². The van der Waals surface area contributed by atoms with Gasteiger partial charge >= 0.3 is 80.9 Å². The first kappa shape index (κ1) is 15.8. The van der Waals surface area contributed by atoms with Crippen molar-refractivity contribution in [3.05, 3.63) is 0 Å². The average molecular weight is 108 g/mol. The molecule has 0 atom stereocenters. The Morgan fingerprint density at radius 3 is 1.50 bits per heavy atom. The zero-order valence-electron chi connectivity index (χ0n) is 4.71. The predicted octanol–water partition coefficient (Wildman–Crippen LogP) is -6.21. The Morgan fingerprint density at radius 2 is 1.50 bits per heavy atom. The molecule has 3 heteroatoms. The molecule has 0 saturated carbocycles. The van der Waals surface area contributed by atoms with Gasteiger partial charge in [-0.05, 0) is 0 Å². The second-order valence-electron chi connectivity index (χ2n) is 0. The molecule has 0 aliphatic rings. The Balaban J connectivity index is -0.00000000167. The molecule has 0 heterocycles. The minimum Gasteiger partial charge on any atom is -1.00 e. The topological polar surface area (TPSA) is 0 Å². The number of hydrogen-bond donors (Lipinski definition) is 0. The monoisotopic (exact) mass is 108 g/mol. The Labute approximate surface area is 96.7 Å². The third-order valence-electron chi connectivity index (χ3n) is 0. The van der Waals surface area contributed by atoms with Crippen molar-refractivity contribution in [2.24, 2.45) is 0 Å². The van der Waals surface area contributed by atoms with E-state index in [1.54, 1.807) is 0 Å². The van der Waals surface area contributed by atoms with E-state index in [2.05, 4.69) is 0 Å². The van der Waals surface area contributed by atoms with Gasteiger partial charge in [0, 0.05) is 0 Å². The molecule has 0 aliphatic heterocycles. The molecule has 0 spiro atoms. The van der Waals surface area contributed by atoms with E-state index in [1.165, 1.54) is 0 Å². The van der Waals surface area contributed by atoms with Crippen LogP contribution < -0.4 is 80.9 Å². The molecule has 16 valence electrons. The molecule has 0 rings (SSSR count). The van der Waals surface area contributed by atoms with Crippen molar-refractivity contribution in [3.8, 4) is 0 Å². The molecule has 0 aromatic heterocycles. The van der Waals surface area contributed by atoms with Crippen LogP contribution in [0.5, 0.6) is 0 Å². The summed E-state index contributed by atoms with van der Waals surface area (Å²) in [7, 11) is 1.86. The summed E-state index contributed by atoms with van der Waals surface area (Å²) in [5.74, 6) is 0. The standard InChI is InChI=1S/CH5Si.K.Na.H/c1-2;;;/h2H2,1H3;;;/q-1;2*+1;-1. The maximum Gasteiger partial charge on any atom is 1.00 e. The summed E-state index contributed by atoms with van der Waals surface area (Å²) in [4.78, 5) is 0. The molecule has 0 bridgehead atoms. The van der Waals surface area contributed by atoms with Gasteiger partial charge in [0.15, 0.2) is 0 Å². The average Bonchev–Trinajstić information content (AvgIpc) is 1.00. The summed E-state index contributed by atoms with van der Waals surface area (Å²) in [6.45, 7) is 2.03. The summed E-state index contributed by atoms with van der Waals surface area (Å²) >= 11 is 0. The second kappa shape index (κ2) is 16.9. The van der Waals surface area contributed by atoms with Crippen molar-refractivity contribution in [3.63, 3.8) is 0 Å². The van der Waals surface area contributed by atoms with E-state index in [0.29, 0.717) is 0 Å². The van der Waals surface area contributed by atoms with Crippen molar-refractivity contribution in [1.82, 2.24) is 0 Å². The normalized spacial score (nSPS) is 1.50. The summed E-state index contributed by atoms with van der Waals surface area (Å²) in [5.41, 5.74) is 0. The van der Waals surface area contributed by atoms with Crippen molar-refractivity contribution >= 4 is 10.2 Å². The van der Waals surface area contributed by atoms with Gasteiger partial charge in [0.1, 0.15) is 0 Å². The zero-order chi connectivity index (χ0) is 2.00. The summed E-state index contributed by atoms with van der Waals surface area (Å²) in [6.07, 6.45) is 0. The van der Waals surface area contributed by atoms with Crippen LogP contribution >= 0.6 is 0 Å². The van der Waals surface area contributed by atoms with E-state index in [1.807, 2.05) is 16.8 Å². The van der Waals surface area contributed by atoms with Gasteiger partial charge in [0.25, 0.3) is 0 Å². The molecule has 0 N–H and O–H groups in total. The first-order valence-corrected chi connectivity index (χ1v) is 2.12. The fourth-order valence-corrected chi connectivity index (χ4v) is 0. The number of hydrogen-bond acceptors (Lipinski definition) is 0. The van der Waals surface area contributed by atoms with Crippen molar-refractivity contribution < 1.29 is 82.4 Å². The van der Waals surface area contributed by atoms with E-state index in [9.17, 15) is 0 Å². The second-order valence-corrected chi connectivity index (χ2v) is 0. The van der Waals surface area contributed by atoms with Gasteiger partial charge in [-0.2, -0.15) is 6.55 Å². The van der Waals surface area contributed by atoms with Crippen LogP contribution in [0, 0.1) is 0 Å². The van der Waals surface area contributed by atoms with Gasteiger partial charge in [-0.3, -0.25) is 0 Å². The third kappa shape index (κ3) is 8.85. The van der Waals surface area contributed by atoms with Gasteiger partial charge in [-0.25, -0.2) is 0 Å². The molecule has 0 nitrogen and oxygen atoms in total. The fraction of sp³-hybridized carbons (Fsp3) is 1.00. The smallest absolute Gasteiger partial charge is 1.00 e. The Kier molecular flexibility index (Phi) is 67.0. The molecular formula is CH6KNaSi. The van der Waals surface area contributed by atoms with Crippen LogP contribution in [0.1, 0.15) is 1.43 Å². The minimum absolute atomic E-state index is 0. The van der Waals surface area contributed by atoms with Crippen LogP contribution in [0.4, 0.5) is 0 Å². The van der Waals surface area contributed by atoms with Gasteiger partial charge in [0.2, 0.25) is 0 Å². The summed E-state index contributed by atoms with van der Waals surface area (Å²) in [6, 6.07) is 0. The van der Waals surface area contributed by atoms with Gasteiger partial charge in [0.05, 0.1) is 0 Å². The molecule has 0 radical (unpaired) electrons. The van der Waals surface area contributed by atoms with E-state index >= 15 is 0 Å². The quantitative estimate of drug-likeness (QED) is 0.271. The van der Waals surface area contributed by atoms with E-state index in [-0.39, 0.29) is 82.4 Å². The van der Waals surface area contributed by atoms with E-state index in [0.717, 1.165) is 0 Å². The zero-order valence-corrected chi connectivity index (χ0v) is 10.2. The fourth-order valence-electron chi connectivity index (χ4n) is 0. The minimum atomic E-state index is 0. The molecule has 0 saturated heterocycles. The molecular weight excluding hydrogens is 102 g/mol. The largest absolute Gasteiger partial charge is 1.00 e. The van der Waals surface area contributed by atoms with Crippen LogP contribution in [-0.2, 0) is 0 Å². The van der Waals surface area contributed by atoms with Gasteiger partial charge in [-0.15, -0.1) is 0 Å². The van der Waals surface area contributed by atoms with Crippen LogP contribution in [0.25, 0.3) is 0 Å².